The van der Waals surface area contributed by atoms with Gasteiger partial charge in [0.25, 0.3) is 0 Å². The SMILES string of the molecule is C=C(CCNS(=O)(=O)c1cccc(C(=O)O)c1)C1=C(C(=O)OC)C(c2ccc(F)cc2Cl)N=C(c2nccs2)N1. The van der Waals surface area contributed by atoms with E-state index in [-0.39, 0.29) is 39.7 Å². The Labute approximate surface area is 237 Å². The minimum absolute atomic E-state index is 0.0374. The summed E-state index contributed by atoms with van der Waals surface area (Å²) in [5.41, 5.74) is 0.756. The van der Waals surface area contributed by atoms with Crippen LogP contribution in [-0.4, -0.2) is 49.9 Å². The molecule has 40 heavy (non-hydrogen) atoms. The van der Waals surface area contributed by atoms with Crippen molar-refractivity contribution in [2.45, 2.75) is 17.4 Å². The third kappa shape index (κ3) is 6.28. The maximum Gasteiger partial charge on any atom is 0.338 e. The summed E-state index contributed by atoms with van der Waals surface area (Å²) in [4.78, 5) is 32.9. The number of nitrogens with zero attached hydrogens (tertiary/aromatic N) is 2. The van der Waals surface area contributed by atoms with Gasteiger partial charge in [0.15, 0.2) is 10.8 Å². The number of methoxy groups -OCH3 is 1. The number of aromatic nitrogens is 1. The number of sulfonamides is 1. The molecule has 0 saturated carbocycles. The Bertz CT molecular complexity index is 1650. The van der Waals surface area contributed by atoms with Gasteiger partial charge < -0.3 is 15.2 Å². The van der Waals surface area contributed by atoms with Gasteiger partial charge in [0.1, 0.15) is 11.9 Å². The summed E-state index contributed by atoms with van der Waals surface area (Å²) in [7, 11) is -2.86. The van der Waals surface area contributed by atoms with E-state index in [0.717, 1.165) is 12.1 Å². The zero-order valence-electron chi connectivity index (χ0n) is 20.9. The molecule has 0 spiro atoms. The van der Waals surface area contributed by atoms with Crippen LogP contribution >= 0.6 is 22.9 Å². The number of aliphatic imine (C=N–C) groups is 1. The third-order valence-electron chi connectivity index (χ3n) is 5.81. The fourth-order valence-electron chi connectivity index (χ4n) is 3.89. The number of carbonyl (C=O) groups excluding carboxylic acids is 1. The number of hydrogen-bond donors (Lipinski definition) is 3. The molecule has 1 unspecified atom stereocenters. The number of esters is 1. The number of benzene rings is 2. The van der Waals surface area contributed by atoms with Crippen LogP contribution in [0.1, 0.15) is 33.4 Å². The number of carbonyl (C=O) groups is 2. The maximum absolute atomic E-state index is 13.8. The largest absolute Gasteiger partial charge is 0.478 e. The Morgan fingerprint density at radius 3 is 2.70 bits per heavy atom. The van der Waals surface area contributed by atoms with Gasteiger partial charge in [0.2, 0.25) is 10.0 Å². The molecular formula is C26H22ClFN4O6S2. The van der Waals surface area contributed by atoms with Gasteiger partial charge in [0, 0.05) is 28.7 Å². The van der Waals surface area contributed by atoms with Crippen LogP contribution in [0.3, 0.4) is 0 Å². The summed E-state index contributed by atoms with van der Waals surface area (Å²) in [5.74, 6) is -2.27. The number of aromatic carboxylic acids is 1. The Morgan fingerprint density at radius 2 is 2.05 bits per heavy atom. The summed E-state index contributed by atoms with van der Waals surface area (Å²) in [6.45, 7) is 3.91. The highest BCUT2D eigenvalue weighted by Crippen LogP contribution is 2.38. The van der Waals surface area contributed by atoms with E-state index in [1.54, 1.807) is 11.6 Å². The van der Waals surface area contributed by atoms with Gasteiger partial charge in [-0.3, -0.25) is 4.99 Å². The van der Waals surface area contributed by atoms with E-state index in [1.807, 2.05) is 0 Å². The second-order valence-corrected chi connectivity index (χ2v) is 11.4. The molecule has 1 atom stereocenters. The van der Waals surface area contributed by atoms with Crippen molar-refractivity contribution >= 4 is 50.7 Å². The second kappa shape index (κ2) is 12.1. The van der Waals surface area contributed by atoms with E-state index >= 15 is 0 Å². The number of rotatable bonds is 10. The minimum Gasteiger partial charge on any atom is -0.478 e. The first-order chi connectivity index (χ1) is 19.0. The predicted molar refractivity (Wildman–Crippen MR) is 147 cm³/mol. The Kier molecular flexibility index (Phi) is 8.79. The molecule has 0 radical (unpaired) electrons. The Balaban J connectivity index is 1.66. The van der Waals surface area contributed by atoms with Crippen molar-refractivity contribution in [1.82, 2.24) is 15.0 Å². The number of amidine groups is 1. The number of halogens is 2. The molecule has 14 heteroatoms. The van der Waals surface area contributed by atoms with Crippen molar-refractivity contribution in [3.8, 4) is 0 Å². The first-order valence-electron chi connectivity index (χ1n) is 11.5. The minimum atomic E-state index is -4.05. The van der Waals surface area contributed by atoms with Gasteiger partial charge in [-0.25, -0.2) is 32.1 Å². The van der Waals surface area contributed by atoms with Crippen molar-refractivity contribution in [3.05, 3.63) is 104 Å². The van der Waals surface area contributed by atoms with Crippen LogP contribution in [0.4, 0.5) is 4.39 Å². The van der Waals surface area contributed by atoms with E-state index < -0.39 is 33.8 Å². The van der Waals surface area contributed by atoms with Crippen LogP contribution < -0.4 is 10.0 Å². The Hall–Kier alpha value is -3.91. The summed E-state index contributed by atoms with van der Waals surface area (Å²) in [6, 6.07) is 7.64. The number of thiazole rings is 1. The maximum atomic E-state index is 13.8. The van der Waals surface area contributed by atoms with Crippen molar-refractivity contribution in [1.29, 1.82) is 0 Å². The monoisotopic (exact) mass is 604 g/mol. The highest BCUT2D eigenvalue weighted by molar-refractivity contribution is 7.89. The molecule has 1 aliphatic rings. The van der Waals surface area contributed by atoms with Crippen LogP contribution in [0.2, 0.25) is 5.02 Å². The van der Waals surface area contributed by atoms with E-state index in [0.29, 0.717) is 22.0 Å². The fraction of sp³-hybridized carbons (Fsp3) is 0.154. The van der Waals surface area contributed by atoms with Gasteiger partial charge in [-0.15, -0.1) is 11.3 Å². The van der Waals surface area contributed by atoms with E-state index in [2.05, 4.69) is 26.6 Å². The molecule has 10 nitrogen and oxygen atoms in total. The van der Waals surface area contributed by atoms with Crippen LogP contribution in [-0.2, 0) is 19.6 Å². The molecule has 0 aliphatic carbocycles. The van der Waals surface area contributed by atoms with E-state index in [4.69, 9.17) is 21.4 Å². The number of ether oxygens (including phenoxy) is 1. The fourth-order valence-corrected chi connectivity index (χ4v) is 5.82. The zero-order valence-corrected chi connectivity index (χ0v) is 23.2. The lowest BCUT2D eigenvalue weighted by Gasteiger charge is -2.28. The Morgan fingerprint density at radius 1 is 1.27 bits per heavy atom. The van der Waals surface area contributed by atoms with Crippen molar-refractivity contribution in [3.63, 3.8) is 0 Å². The van der Waals surface area contributed by atoms with Gasteiger partial charge in [-0.2, -0.15) is 0 Å². The number of carboxylic acid groups (broad SMARTS) is 1. The van der Waals surface area contributed by atoms with Gasteiger partial charge in [-0.05, 0) is 42.3 Å². The first kappa shape index (κ1) is 29.1. The quantitative estimate of drug-likeness (QED) is 0.293. The standard InChI is InChI=1S/C26H22ClFN4O6S2/c1-14(8-9-30-40(36,37)17-5-3-4-15(12-17)25(33)34)21-20(26(35)38-2)22(18-7-6-16(28)13-19(18)27)32-23(31-21)24-29-10-11-39-24/h3-7,10-13,22,30H,1,8-9H2,2H3,(H,31,32)(H,33,34). The average molecular weight is 605 g/mol. The molecule has 0 saturated heterocycles. The van der Waals surface area contributed by atoms with Crippen LogP contribution in [0.15, 0.2) is 87.4 Å². The molecule has 2 aromatic carbocycles. The lowest BCUT2D eigenvalue weighted by Crippen LogP contribution is -2.35. The summed E-state index contributed by atoms with van der Waals surface area (Å²) in [6.07, 6.45) is 1.61. The molecule has 1 aromatic heterocycles. The van der Waals surface area contributed by atoms with Crippen LogP contribution in [0, 0.1) is 5.82 Å². The summed E-state index contributed by atoms with van der Waals surface area (Å²) in [5, 5.41) is 14.5. The number of carboxylic acids is 1. The third-order valence-corrected chi connectivity index (χ3v) is 8.37. The molecule has 3 aromatic rings. The molecule has 0 bridgehead atoms. The average Bonchev–Trinajstić information content (AvgIpc) is 3.47. The topological polar surface area (TPSA) is 147 Å². The lowest BCUT2D eigenvalue weighted by atomic mass is 9.92. The molecule has 0 amide bonds. The molecule has 3 N–H and O–H groups in total. The summed E-state index contributed by atoms with van der Waals surface area (Å²) < 4.78 is 46.8. The molecule has 0 fully saturated rings. The van der Waals surface area contributed by atoms with Gasteiger partial charge in [0.05, 0.1) is 28.8 Å². The highest BCUT2D eigenvalue weighted by Gasteiger charge is 2.34. The van der Waals surface area contributed by atoms with Crippen LogP contribution in [0.5, 0.6) is 0 Å². The molecule has 1 aliphatic heterocycles. The summed E-state index contributed by atoms with van der Waals surface area (Å²) >= 11 is 7.63. The highest BCUT2D eigenvalue weighted by atomic mass is 35.5. The zero-order chi connectivity index (χ0) is 29.0. The smallest absolute Gasteiger partial charge is 0.338 e. The number of allylic oxidation sites excluding steroid dienone is 1. The lowest BCUT2D eigenvalue weighted by molar-refractivity contribution is -0.136. The first-order valence-corrected chi connectivity index (χ1v) is 14.3. The second-order valence-electron chi connectivity index (χ2n) is 8.37. The van der Waals surface area contributed by atoms with Gasteiger partial charge in [-0.1, -0.05) is 30.3 Å². The molecular weight excluding hydrogens is 583 g/mol. The molecule has 4 rings (SSSR count). The van der Waals surface area contributed by atoms with Gasteiger partial charge >= 0.3 is 11.9 Å². The van der Waals surface area contributed by atoms with Crippen LogP contribution in [0.25, 0.3) is 0 Å². The van der Waals surface area contributed by atoms with Crippen molar-refractivity contribution < 1.29 is 32.2 Å². The predicted octanol–water partition coefficient (Wildman–Crippen LogP) is 4.08. The normalized spacial score (nSPS) is 15.3. The number of hydrogen-bond acceptors (Lipinski definition) is 9. The van der Waals surface area contributed by atoms with E-state index in [1.165, 1.54) is 48.8 Å². The molecule has 208 valence electrons. The van der Waals surface area contributed by atoms with E-state index in [9.17, 15) is 22.4 Å². The molecule has 2 heterocycles. The number of nitrogens with one attached hydrogen (secondary N) is 2. The van der Waals surface area contributed by atoms with Crippen molar-refractivity contribution in [2.75, 3.05) is 13.7 Å². The van der Waals surface area contributed by atoms with Crippen molar-refractivity contribution in [2.24, 2.45) is 4.99 Å².